The van der Waals surface area contributed by atoms with E-state index in [-0.39, 0.29) is 18.3 Å². The van der Waals surface area contributed by atoms with Crippen LogP contribution in [0.2, 0.25) is 0 Å². The van der Waals surface area contributed by atoms with E-state index in [0.717, 1.165) is 5.56 Å². The van der Waals surface area contributed by atoms with Gasteiger partial charge < -0.3 is 29.0 Å². The van der Waals surface area contributed by atoms with E-state index in [4.69, 9.17) is 23.7 Å². The summed E-state index contributed by atoms with van der Waals surface area (Å²) in [6, 6.07) is 12.1. The number of benzene rings is 2. The lowest BCUT2D eigenvalue weighted by Gasteiger charge is -2.11. The summed E-state index contributed by atoms with van der Waals surface area (Å²) in [6.07, 6.45) is 6.48. The van der Waals surface area contributed by atoms with Crippen molar-refractivity contribution in [3.8, 4) is 11.5 Å². The summed E-state index contributed by atoms with van der Waals surface area (Å²) in [5.41, 5.74) is 1.52. The number of hydrogen-bond acceptors (Lipinski definition) is 7. The van der Waals surface area contributed by atoms with E-state index in [2.05, 4.69) is 5.32 Å². The minimum absolute atomic E-state index is 0.0891. The summed E-state index contributed by atoms with van der Waals surface area (Å²) >= 11 is 0. The van der Waals surface area contributed by atoms with Gasteiger partial charge in [0.2, 0.25) is 5.91 Å². The van der Waals surface area contributed by atoms with Crippen LogP contribution in [0.15, 0.2) is 60.7 Å². The third-order valence-electron chi connectivity index (χ3n) is 4.15. The van der Waals surface area contributed by atoms with E-state index in [9.17, 15) is 9.59 Å². The number of amides is 1. The second kappa shape index (κ2) is 13.6. The minimum Gasteiger partial charge on any atom is -0.493 e. The molecule has 0 aliphatic carbocycles. The topological polar surface area (TPSA) is 92.3 Å². The molecule has 32 heavy (non-hydrogen) atoms. The van der Waals surface area contributed by atoms with Crippen molar-refractivity contribution < 1.29 is 33.3 Å². The zero-order valence-electron chi connectivity index (χ0n) is 18.3. The van der Waals surface area contributed by atoms with E-state index in [1.54, 1.807) is 56.7 Å². The number of ether oxygens (including phenoxy) is 5. The molecule has 0 aromatic heterocycles. The van der Waals surface area contributed by atoms with Crippen molar-refractivity contribution in [1.82, 2.24) is 0 Å². The Kier molecular flexibility index (Phi) is 10.5. The molecule has 0 saturated carbocycles. The highest BCUT2D eigenvalue weighted by Gasteiger charge is 2.11. The van der Waals surface area contributed by atoms with Crippen LogP contribution < -0.4 is 14.8 Å². The molecule has 8 nitrogen and oxygen atoms in total. The summed E-state index contributed by atoms with van der Waals surface area (Å²) in [5, 5.41) is 2.67. The first-order valence-electron chi connectivity index (χ1n) is 9.79. The zero-order chi connectivity index (χ0) is 23.2. The molecule has 0 unspecified atom stereocenters. The summed E-state index contributed by atoms with van der Waals surface area (Å²) in [6.45, 7) is 1.02. The van der Waals surface area contributed by atoms with Gasteiger partial charge >= 0.3 is 5.97 Å². The van der Waals surface area contributed by atoms with Gasteiger partial charge in [-0.2, -0.15) is 0 Å². The number of methoxy groups -OCH3 is 3. The first-order valence-corrected chi connectivity index (χ1v) is 9.79. The minimum atomic E-state index is -0.521. The summed E-state index contributed by atoms with van der Waals surface area (Å²) < 4.78 is 25.8. The number of carbonyl (C=O) groups is 2. The van der Waals surface area contributed by atoms with Gasteiger partial charge in [-0.05, 0) is 29.8 Å². The number of rotatable bonds is 12. The molecule has 8 heteroatoms. The van der Waals surface area contributed by atoms with Crippen molar-refractivity contribution in [2.24, 2.45) is 0 Å². The maximum absolute atomic E-state index is 12.2. The Balaban J connectivity index is 1.93. The van der Waals surface area contributed by atoms with Gasteiger partial charge in [-0.3, -0.25) is 4.79 Å². The number of para-hydroxylation sites is 1. The lowest BCUT2D eigenvalue weighted by Crippen LogP contribution is -2.12. The van der Waals surface area contributed by atoms with Crippen LogP contribution in [0.25, 0.3) is 6.08 Å². The maximum Gasteiger partial charge on any atom is 0.339 e. The Morgan fingerprint density at radius 2 is 1.78 bits per heavy atom. The number of carbonyl (C=O) groups excluding carboxylic acids is 2. The molecule has 2 aromatic carbocycles. The second-order valence-corrected chi connectivity index (χ2v) is 6.32. The Bertz CT molecular complexity index is 953. The molecule has 0 saturated heterocycles. The Morgan fingerprint density at radius 3 is 2.53 bits per heavy atom. The van der Waals surface area contributed by atoms with Crippen molar-refractivity contribution in [3.63, 3.8) is 0 Å². The van der Waals surface area contributed by atoms with E-state index >= 15 is 0 Å². The van der Waals surface area contributed by atoms with E-state index in [0.29, 0.717) is 30.4 Å². The Hall–Kier alpha value is -3.62. The third-order valence-corrected chi connectivity index (χ3v) is 4.15. The molecule has 0 fully saturated rings. The van der Waals surface area contributed by atoms with Gasteiger partial charge in [0.15, 0.2) is 18.3 Å². The highest BCUT2D eigenvalue weighted by molar-refractivity contribution is 6.05. The predicted molar refractivity (Wildman–Crippen MR) is 121 cm³/mol. The van der Waals surface area contributed by atoms with Gasteiger partial charge in [0.25, 0.3) is 0 Å². The Morgan fingerprint density at radius 1 is 0.969 bits per heavy atom. The van der Waals surface area contributed by atoms with Gasteiger partial charge in [-0.1, -0.05) is 36.4 Å². The first kappa shape index (κ1) is 24.6. The molecule has 0 aliphatic rings. The molecule has 0 atom stereocenters. The van der Waals surface area contributed by atoms with Crippen molar-refractivity contribution in [3.05, 3.63) is 71.8 Å². The highest BCUT2D eigenvalue weighted by Crippen LogP contribution is 2.28. The largest absolute Gasteiger partial charge is 0.493 e. The number of hydrogen-bond donors (Lipinski definition) is 1. The van der Waals surface area contributed by atoms with Crippen LogP contribution in [0.5, 0.6) is 11.5 Å². The van der Waals surface area contributed by atoms with Crippen LogP contribution in [0.1, 0.15) is 15.9 Å². The monoisotopic (exact) mass is 441 g/mol. The lowest BCUT2D eigenvalue weighted by molar-refractivity contribution is -0.111. The predicted octanol–water partition coefficient (Wildman–Crippen LogP) is 3.69. The molecule has 0 radical (unpaired) electrons. The van der Waals surface area contributed by atoms with Gasteiger partial charge in [0.05, 0.1) is 38.7 Å². The molecule has 0 bridgehead atoms. The van der Waals surface area contributed by atoms with Gasteiger partial charge in [-0.15, -0.1) is 0 Å². The normalized spacial score (nSPS) is 11.0. The molecule has 2 rings (SSSR count). The molecule has 170 valence electrons. The molecular weight excluding hydrogens is 414 g/mol. The molecule has 0 aliphatic heterocycles. The molecule has 0 heterocycles. The van der Waals surface area contributed by atoms with Gasteiger partial charge in [-0.25, -0.2) is 4.79 Å². The van der Waals surface area contributed by atoms with Gasteiger partial charge in [0.1, 0.15) is 0 Å². The van der Waals surface area contributed by atoms with E-state index in [1.165, 1.54) is 13.2 Å². The smallest absolute Gasteiger partial charge is 0.339 e. The average Bonchev–Trinajstić information content (AvgIpc) is 2.82. The van der Waals surface area contributed by atoms with E-state index in [1.807, 2.05) is 18.2 Å². The van der Waals surface area contributed by atoms with Crippen LogP contribution >= 0.6 is 0 Å². The molecule has 1 N–H and O–H groups in total. The number of nitrogens with one attached hydrogen (secondary N) is 1. The summed E-state index contributed by atoms with van der Waals surface area (Å²) in [5.74, 6) is 0.221. The average molecular weight is 441 g/mol. The Labute approximate surface area is 187 Å². The van der Waals surface area contributed by atoms with Crippen LogP contribution in [-0.2, 0) is 19.0 Å². The lowest BCUT2D eigenvalue weighted by atomic mass is 10.1. The summed E-state index contributed by atoms with van der Waals surface area (Å²) in [4.78, 5) is 23.9. The highest BCUT2D eigenvalue weighted by atomic mass is 16.7. The summed E-state index contributed by atoms with van der Waals surface area (Å²) in [7, 11) is 4.44. The van der Waals surface area contributed by atoms with Crippen LogP contribution in [-0.4, -0.2) is 53.2 Å². The SMILES string of the molecule is COCCOCOc1ccc(C=CC=CC(=O)Nc2ccccc2C(=O)OC)cc1OC. The van der Waals surface area contributed by atoms with Crippen molar-refractivity contribution in [2.75, 3.05) is 46.7 Å². The molecule has 0 spiro atoms. The number of allylic oxidation sites excluding steroid dienone is 2. The fourth-order valence-electron chi connectivity index (χ4n) is 2.58. The standard InChI is InChI=1S/C24H27NO7/c1-28-14-15-31-17-32-21-13-12-18(16-22(21)29-2)8-4-7-11-23(26)25-20-10-6-5-9-19(20)24(27)30-3/h4-13,16H,14-15,17H2,1-3H3,(H,25,26). The molecule has 1 amide bonds. The number of anilines is 1. The van der Waals surface area contributed by atoms with Crippen molar-refractivity contribution in [1.29, 1.82) is 0 Å². The first-order chi connectivity index (χ1) is 15.6. The van der Waals surface area contributed by atoms with Gasteiger partial charge in [0, 0.05) is 13.2 Å². The zero-order valence-corrected chi connectivity index (χ0v) is 18.3. The van der Waals surface area contributed by atoms with Crippen LogP contribution in [0.3, 0.4) is 0 Å². The van der Waals surface area contributed by atoms with Crippen molar-refractivity contribution in [2.45, 2.75) is 0 Å². The fourth-order valence-corrected chi connectivity index (χ4v) is 2.58. The quantitative estimate of drug-likeness (QED) is 0.177. The van der Waals surface area contributed by atoms with Crippen LogP contribution in [0, 0.1) is 0 Å². The third kappa shape index (κ3) is 7.90. The van der Waals surface area contributed by atoms with Crippen molar-refractivity contribution >= 4 is 23.6 Å². The van der Waals surface area contributed by atoms with Crippen LogP contribution in [0.4, 0.5) is 5.69 Å². The maximum atomic E-state index is 12.2. The molecular formula is C24H27NO7. The molecule has 2 aromatic rings. The van der Waals surface area contributed by atoms with E-state index < -0.39 is 5.97 Å². The fraction of sp³-hybridized carbons (Fsp3) is 0.250. The second-order valence-electron chi connectivity index (χ2n) is 6.32. The number of esters is 1.